The Balaban J connectivity index is 4.22. The molecule has 0 aromatic heterocycles. The molecule has 0 heterocycles. The molecule has 1 atom stereocenters. The second-order valence-electron chi connectivity index (χ2n) is 4.71. The van der Waals surface area contributed by atoms with Crippen LogP contribution in [0.15, 0.2) is 0 Å². The third-order valence-electron chi connectivity index (χ3n) is 1.98. The molecule has 11 heavy (non-hydrogen) atoms. The predicted octanol–water partition coefficient (Wildman–Crippen LogP) is 3.35. The van der Waals surface area contributed by atoms with Crippen molar-refractivity contribution >= 4 is 10.3 Å². The molecule has 0 saturated carbocycles. The molecule has 0 spiro atoms. The van der Waals surface area contributed by atoms with Crippen LogP contribution >= 0.6 is 10.3 Å². The molecule has 1 nitrogen and oxygen atoms in total. The fourth-order valence-electron chi connectivity index (χ4n) is 0.899. The van der Waals surface area contributed by atoms with Crippen LogP contribution in [0, 0.1) is 5.92 Å². The number of hydrogen-bond acceptors (Lipinski definition) is 1. The minimum Gasteiger partial charge on any atom is -0.351 e. The fraction of sp³-hybridized carbons (Fsp3) is 1.00. The van der Waals surface area contributed by atoms with Crippen LogP contribution in [-0.2, 0) is 0 Å². The van der Waals surface area contributed by atoms with Crippen molar-refractivity contribution < 1.29 is 4.55 Å². The topological polar surface area (TPSA) is 20.2 Å². The summed E-state index contributed by atoms with van der Waals surface area (Å²) in [6.07, 6.45) is 2.01. The van der Waals surface area contributed by atoms with Crippen molar-refractivity contribution in [3.8, 4) is 0 Å². The van der Waals surface area contributed by atoms with E-state index < -0.39 is 10.3 Å². The highest BCUT2D eigenvalue weighted by atomic mass is 32.3. The lowest BCUT2D eigenvalue weighted by Crippen LogP contribution is -2.27. The SMILES string of the molecule is CC(C)CS(C)(O)C(C)(C)C. The van der Waals surface area contributed by atoms with Crippen LogP contribution in [0.2, 0.25) is 0 Å². The zero-order valence-electron chi connectivity index (χ0n) is 8.64. The van der Waals surface area contributed by atoms with Crippen molar-refractivity contribution in [2.24, 2.45) is 5.92 Å². The van der Waals surface area contributed by atoms with Crippen molar-refractivity contribution in [1.82, 2.24) is 0 Å². The highest BCUT2D eigenvalue weighted by molar-refractivity contribution is 8.29. The van der Waals surface area contributed by atoms with Crippen LogP contribution < -0.4 is 0 Å². The Morgan fingerprint density at radius 3 is 1.73 bits per heavy atom. The van der Waals surface area contributed by atoms with Gasteiger partial charge in [-0.15, -0.1) is 10.3 Å². The Hall–Kier alpha value is 0.310. The maximum Gasteiger partial charge on any atom is 0.0127 e. The van der Waals surface area contributed by atoms with E-state index in [-0.39, 0.29) is 4.75 Å². The van der Waals surface area contributed by atoms with E-state index in [0.717, 1.165) is 5.75 Å². The highest BCUT2D eigenvalue weighted by Crippen LogP contribution is 2.53. The first kappa shape index (κ1) is 11.3. The van der Waals surface area contributed by atoms with Gasteiger partial charge in [0.05, 0.1) is 0 Å². The molecule has 2 heteroatoms. The maximum absolute atomic E-state index is 10.1. The van der Waals surface area contributed by atoms with Gasteiger partial charge < -0.3 is 4.55 Å². The summed E-state index contributed by atoms with van der Waals surface area (Å²) in [7, 11) is -1.40. The van der Waals surface area contributed by atoms with E-state index in [1.165, 1.54) is 0 Å². The molecule has 0 rings (SSSR count). The van der Waals surface area contributed by atoms with Crippen molar-refractivity contribution in [3.63, 3.8) is 0 Å². The number of hydrogen-bond donors (Lipinski definition) is 1. The largest absolute Gasteiger partial charge is 0.351 e. The summed E-state index contributed by atoms with van der Waals surface area (Å²) >= 11 is 0. The van der Waals surface area contributed by atoms with E-state index in [1.54, 1.807) is 0 Å². The average molecular weight is 178 g/mol. The van der Waals surface area contributed by atoms with E-state index in [1.807, 2.05) is 6.26 Å². The van der Waals surface area contributed by atoms with Crippen LogP contribution in [0.25, 0.3) is 0 Å². The van der Waals surface area contributed by atoms with Crippen LogP contribution in [0.3, 0.4) is 0 Å². The first-order chi connectivity index (χ1) is 4.67. The zero-order chi connectivity index (χ0) is 9.28. The summed E-state index contributed by atoms with van der Waals surface area (Å²) in [6.45, 7) is 10.7. The summed E-state index contributed by atoms with van der Waals surface area (Å²) < 4.78 is 10.2. The predicted molar refractivity (Wildman–Crippen MR) is 55.6 cm³/mol. The van der Waals surface area contributed by atoms with Gasteiger partial charge in [-0.1, -0.05) is 34.6 Å². The van der Waals surface area contributed by atoms with Crippen LogP contribution in [0.5, 0.6) is 0 Å². The van der Waals surface area contributed by atoms with E-state index in [4.69, 9.17) is 0 Å². The van der Waals surface area contributed by atoms with Gasteiger partial charge in [0.1, 0.15) is 0 Å². The maximum atomic E-state index is 10.1. The lowest BCUT2D eigenvalue weighted by atomic mass is 10.2. The van der Waals surface area contributed by atoms with Gasteiger partial charge in [-0.05, 0) is 12.2 Å². The van der Waals surface area contributed by atoms with Gasteiger partial charge in [0.15, 0.2) is 0 Å². The van der Waals surface area contributed by atoms with E-state index in [9.17, 15) is 4.55 Å². The van der Waals surface area contributed by atoms with Crippen molar-refractivity contribution in [3.05, 3.63) is 0 Å². The van der Waals surface area contributed by atoms with Gasteiger partial charge in [0.25, 0.3) is 0 Å². The van der Waals surface area contributed by atoms with Crippen molar-refractivity contribution in [2.45, 2.75) is 39.4 Å². The van der Waals surface area contributed by atoms with Gasteiger partial charge in [0, 0.05) is 10.5 Å². The molecule has 0 aliphatic carbocycles. The van der Waals surface area contributed by atoms with Gasteiger partial charge in [-0.2, -0.15) is 0 Å². The normalized spacial score (nSPS) is 21.5. The molecular weight excluding hydrogens is 156 g/mol. The zero-order valence-corrected chi connectivity index (χ0v) is 9.46. The van der Waals surface area contributed by atoms with Crippen LogP contribution in [-0.4, -0.2) is 21.3 Å². The standard InChI is InChI=1S/C9H22OS/c1-8(2)7-11(6,10)9(3,4)5/h8,10H,7H2,1-6H3. The second kappa shape index (κ2) is 3.36. The minimum atomic E-state index is -1.40. The van der Waals surface area contributed by atoms with Gasteiger partial charge in [-0.25, -0.2) is 0 Å². The second-order valence-corrected chi connectivity index (χ2v) is 8.35. The van der Waals surface area contributed by atoms with Crippen molar-refractivity contribution in [2.75, 3.05) is 12.0 Å². The minimum absolute atomic E-state index is 0.0667. The quantitative estimate of drug-likeness (QED) is 0.687. The first-order valence-corrected chi connectivity index (χ1v) is 6.31. The summed E-state index contributed by atoms with van der Waals surface area (Å²) in [5, 5.41) is 0. The molecule has 0 saturated heterocycles. The molecule has 0 radical (unpaired) electrons. The Kier molecular flexibility index (Phi) is 3.45. The van der Waals surface area contributed by atoms with E-state index >= 15 is 0 Å². The lowest BCUT2D eigenvalue weighted by Gasteiger charge is -2.43. The van der Waals surface area contributed by atoms with Gasteiger partial charge in [-0.3, -0.25) is 0 Å². The number of rotatable bonds is 2. The molecule has 0 bridgehead atoms. The molecule has 0 amide bonds. The molecule has 0 aromatic rings. The Bertz CT molecular complexity index is 122. The molecule has 0 aliphatic rings. The van der Waals surface area contributed by atoms with E-state index in [2.05, 4.69) is 34.6 Å². The molecule has 70 valence electrons. The van der Waals surface area contributed by atoms with Crippen LogP contribution in [0.1, 0.15) is 34.6 Å². The monoisotopic (exact) mass is 178 g/mol. The summed E-state index contributed by atoms with van der Waals surface area (Å²) in [4.78, 5) is 0. The van der Waals surface area contributed by atoms with Crippen molar-refractivity contribution in [1.29, 1.82) is 0 Å². The van der Waals surface area contributed by atoms with E-state index in [0.29, 0.717) is 5.92 Å². The third-order valence-corrected chi connectivity index (χ3v) is 5.93. The Morgan fingerprint density at radius 2 is 1.64 bits per heavy atom. The third kappa shape index (κ3) is 3.48. The summed E-state index contributed by atoms with van der Waals surface area (Å²) in [5.74, 6) is 1.55. The molecular formula is C9H22OS. The molecule has 0 aliphatic heterocycles. The molecule has 0 fully saturated rings. The van der Waals surface area contributed by atoms with Gasteiger partial charge in [0.2, 0.25) is 0 Å². The highest BCUT2D eigenvalue weighted by Gasteiger charge is 2.30. The molecule has 0 aromatic carbocycles. The summed E-state index contributed by atoms with van der Waals surface area (Å²) in [6, 6.07) is 0. The van der Waals surface area contributed by atoms with Crippen LogP contribution in [0.4, 0.5) is 0 Å². The fourth-order valence-corrected chi connectivity index (χ4v) is 2.70. The Morgan fingerprint density at radius 1 is 1.27 bits per heavy atom. The molecule has 1 unspecified atom stereocenters. The first-order valence-electron chi connectivity index (χ1n) is 4.15. The summed E-state index contributed by atoms with van der Waals surface area (Å²) in [5.41, 5.74) is 0. The average Bonchev–Trinajstić information content (AvgIpc) is 1.56. The molecule has 1 N–H and O–H groups in total. The Labute approximate surface area is 72.7 Å². The lowest BCUT2D eigenvalue weighted by molar-refractivity contribution is 0.569. The van der Waals surface area contributed by atoms with Gasteiger partial charge >= 0.3 is 0 Å². The smallest absolute Gasteiger partial charge is 0.0127 e.